The molecule has 23 heavy (non-hydrogen) atoms. The Hall–Kier alpha value is -2.00. The van der Waals surface area contributed by atoms with Crippen molar-refractivity contribution in [1.82, 2.24) is 10.0 Å². The highest BCUT2D eigenvalue weighted by atomic mass is 32.2. The number of hydrogen-bond donors (Lipinski definition) is 2. The number of carbonyl (C=O) groups excluding carboxylic acids is 1. The van der Waals surface area contributed by atoms with Gasteiger partial charge in [0.05, 0.1) is 4.92 Å². The number of nitro groups is 1. The summed E-state index contributed by atoms with van der Waals surface area (Å²) in [5.41, 5.74) is -0.466. The summed E-state index contributed by atoms with van der Waals surface area (Å²) in [7, 11) is -4.05. The second-order valence-corrected chi connectivity index (χ2v) is 7.23. The minimum absolute atomic E-state index is 0.230. The fourth-order valence-electron chi connectivity index (χ4n) is 2.80. The van der Waals surface area contributed by atoms with Crippen LogP contribution in [0.25, 0.3) is 0 Å². The Morgan fingerprint density at radius 3 is 2.43 bits per heavy atom. The van der Waals surface area contributed by atoms with E-state index in [0.717, 1.165) is 18.9 Å². The van der Waals surface area contributed by atoms with Gasteiger partial charge in [-0.05, 0) is 18.9 Å². The molecule has 0 aliphatic heterocycles. The van der Waals surface area contributed by atoms with E-state index < -0.39 is 26.7 Å². The second kappa shape index (κ2) is 7.05. The normalized spacial score (nSPS) is 21.6. The first-order valence-electron chi connectivity index (χ1n) is 7.34. The predicted octanol–water partition coefficient (Wildman–Crippen LogP) is 1.32. The lowest BCUT2D eigenvalue weighted by atomic mass is 9.91. The molecule has 1 aromatic carbocycles. The monoisotopic (exact) mass is 341 g/mol. The lowest BCUT2D eigenvalue weighted by molar-refractivity contribution is -0.387. The van der Waals surface area contributed by atoms with Crippen LogP contribution in [-0.2, 0) is 14.8 Å². The summed E-state index contributed by atoms with van der Waals surface area (Å²) in [6.45, 7) is 1.38. The molecular weight excluding hydrogens is 322 g/mol. The van der Waals surface area contributed by atoms with Gasteiger partial charge in [-0.2, -0.15) is 0 Å². The maximum atomic E-state index is 12.5. The van der Waals surface area contributed by atoms with Gasteiger partial charge in [0.2, 0.25) is 15.9 Å². The van der Waals surface area contributed by atoms with Crippen molar-refractivity contribution < 1.29 is 18.1 Å². The SMILES string of the molecule is CC(=O)N[C@@H]1CCCC[C@H]1NS(=O)(=O)c1ccccc1[N+](=O)[O-]. The number of rotatable bonds is 5. The molecule has 0 aromatic heterocycles. The minimum Gasteiger partial charge on any atom is -0.352 e. The van der Waals surface area contributed by atoms with Crippen molar-refractivity contribution in [2.45, 2.75) is 49.6 Å². The van der Waals surface area contributed by atoms with Crippen LogP contribution in [0.5, 0.6) is 0 Å². The molecular formula is C14H19N3O5S. The smallest absolute Gasteiger partial charge is 0.289 e. The maximum Gasteiger partial charge on any atom is 0.289 e. The molecule has 2 atom stereocenters. The summed E-state index contributed by atoms with van der Waals surface area (Å²) in [5.74, 6) is -0.230. The summed E-state index contributed by atoms with van der Waals surface area (Å²) in [6, 6.07) is 4.43. The van der Waals surface area contributed by atoms with Gasteiger partial charge in [-0.3, -0.25) is 14.9 Å². The molecule has 1 fully saturated rings. The molecule has 2 N–H and O–H groups in total. The van der Waals surface area contributed by atoms with Gasteiger partial charge < -0.3 is 5.32 Å². The number of hydrogen-bond acceptors (Lipinski definition) is 5. The third kappa shape index (κ3) is 4.26. The van der Waals surface area contributed by atoms with Crippen molar-refractivity contribution in [3.63, 3.8) is 0 Å². The van der Waals surface area contributed by atoms with Gasteiger partial charge in [0.25, 0.3) is 5.69 Å². The lowest BCUT2D eigenvalue weighted by Gasteiger charge is -2.32. The molecule has 0 heterocycles. The number of nitrogens with zero attached hydrogens (tertiary/aromatic N) is 1. The van der Waals surface area contributed by atoms with Crippen LogP contribution in [0.3, 0.4) is 0 Å². The number of amides is 1. The van der Waals surface area contributed by atoms with E-state index in [0.29, 0.717) is 12.8 Å². The molecule has 1 amide bonds. The lowest BCUT2D eigenvalue weighted by Crippen LogP contribution is -2.52. The van der Waals surface area contributed by atoms with E-state index in [4.69, 9.17) is 0 Å². The van der Waals surface area contributed by atoms with Gasteiger partial charge in [-0.1, -0.05) is 25.0 Å². The van der Waals surface area contributed by atoms with E-state index in [9.17, 15) is 23.3 Å². The van der Waals surface area contributed by atoms with Gasteiger partial charge in [-0.25, -0.2) is 13.1 Å². The Morgan fingerprint density at radius 2 is 1.83 bits per heavy atom. The highest BCUT2D eigenvalue weighted by Gasteiger charge is 2.32. The number of nitro benzene ring substituents is 1. The van der Waals surface area contributed by atoms with Crippen molar-refractivity contribution in [3.05, 3.63) is 34.4 Å². The number of carbonyl (C=O) groups is 1. The van der Waals surface area contributed by atoms with Crippen molar-refractivity contribution in [3.8, 4) is 0 Å². The third-order valence-corrected chi connectivity index (χ3v) is 5.35. The first-order valence-corrected chi connectivity index (χ1v) is 8.82. The van der Waals surface area contributed by atoms with Crippen molar-refractivity contribution in [2.24, 2.45) is 0 Å². The first-order chi connectivity index (χ1) is 10.8. The number of benzene rings is 1. The summed E-state index contributed by atoms with van der Waals surface area (Å²) >= 11 is 0. The summed E-state index contributed by atoms with van der Waals surface area (Å²) in [5, 5.41) is 13.8. The van der Waals surface area contributed by atoms with Crippen molar-refractivity contribution >= 4 is 21.6 Å². The number of para-hydroxylation sites is 1. The second-order valence-electron chi connectivity index (χ2n) is 5.54. The zero-order valence-electron chi connectivity index (χ0n) is 12.7. The quantitative estimate of drug-likeness (QED) is 0.618. The zero-order chi connectivity index (χ0) is 17.0. The molecule has 0 saturated heterocycles. The van der Waals surface area contributed by atoms with Crippen LogP contribution in [0, 0.1) is 10.1 Å². The minimum atomic E-state index is -4.05. The fraction of sp³-hybridized carbons (Fsp3) is 0.500. The van der Waals surface area contributed by atoms with Crippen LogP contribution in [0.2, 0.25) is 0 Å². The maximum absolute atomic E-state index is 12.5. The predicted molar refractivity (Wildman–Crippen MR) is 83.3 cm³/mol. The molecule has 1 saturated carbocycles. The average molecular weight is 341 g/mol. The third-order valence-electron chi connectivity index (χ3n) is 3.81. The van der Waals surface area contributed by atoms with Crippen LogP contribution >= 0.6 is 0 Å². The molecule has 1 aliphatic carbocycles. The summed E-state index contributed by atoms with van der Waals surface area (Å²) < 4.78 is 27.6. The molecule has 0 bridgehead atoms. The van der Waals surface area contributed by atoms with E-state index in [1.807, 2.05) is 0 Å². The standard InChI is InChI=1S/C14H19N3O5S/c1-10(18)15-11-6-2-3-7-12(11)16-23(21,22)14-9-5-4-8-13(14)17(19)20/h4-5,8-9,11-12,16H,2-3,6-7H2,1H3,(H,15,18)/t11-,12-/m1/s1. The largest absolute Gasteiger partial charge is 0.352 e. The van der Waals surface area contributed by atoms with E-state index in [1.54, 1.807) is 0 Å². The van der Waals surface area contributed by atoms with Crippen LogP contribution in [-0.4, -0.2) is 31.3 Å². The van der Waals surface area contributed by atoms with Crippen molar-refractivity contribution in [2.75, 3.05) is 0 Å². The Bertz CT molecular complexity index is 704. The highest BCUT2D eigenvalue weighted by Crippen LogP contribution is 2.25. The zero-order valence-corrected chi connectivity index (χ0v) is 13.5. The molecule has 0 unspecified atom stereocenters. The Kier molecular flexibility index (Phi) is 5.32. The molecule has 1 aliphatic rings. The summed E-state index contributed by atoms with van der Waals surface area (Å²) in [4.78, 5) is 21.2. The molecule has 8 nitrogen and oxygen atoms in total. The van der Waals surface area contributed by atoms with E-state index in [1.165, 1.54) is 25.1 Å². The highest BCUT2D eigenvalue weighted by molar-refractivity contribution is 7.89. The van der Waals surface area contributed by atoms with Gasteiger partial charge in [0.1, 0.15) is 0 Å². The Balaban J connectivity index is 2.26. The molecule has 0 spiro atoms. The van der Waals surface area contributed by atoms with Crippen LogP contribution in [0.1, 0.15) is 32.6 Å². The van der Waals surface area contributed by atoms with Crippen LogP contribution in [0.15, 0.2) is 29.2 Å². The van der Waals surface area contributed by atoms with E-state index in [-0.39, 0.29) is 16.8 Å². The topological polar surface area (TPSA) is 118 Å². The summed E-state index contributed by atoms with van der Waals surface area (Å²) in [6.07, 6.45) is 2.98. The Morgan fingerprint density at radius 1 is 1.22 bits per heavy atom. The van der Waals surface area contributed by atoms with Gasteiger partial charge in [0.15, 0.2) is 4.90 Å². The molecule has 9 heteroatoms. The fourth-order valence-corrected chi connectivity index (χ4v) is 4.29. The Labute approximate surface area is 134 Å². The molecule has 126 valence electrons. The van der Waals surface area contributed by atoms with Crippen molar-refractivity contribution in [1.29, 1.82) is 0 Å². The van der Waals surface area contributed by atoms with Crippen LogP contribution in [0.4, 0.5) is 5.69 Å². The van der Waals surface area contributed by atoms with Gasteiger partial charge >= 0.3 is 0 Å². The van der Waals surface area contributed by atoms with Gasteiger partial charge in [-0.15, -0.1) is 0 Å². The number of nitrogens with one attached hydrogen (secondary N) is 2. The average Bonchev–Trinajstić information content (AvgIpc) is 2.48. The van der Waals surface area contributed by atoms with E-state index >= 15 is 0 Å². The van der Waals surface area contributed by atoms with Crippen LogP contribution < -0.4 is 10.0 Å². The molecule has 2 rings (SSSR count). The first kappa shape index (κ1) is 17.4. The van der Waals surface area contributed by atoms with E-state index in [2.05, 4.69) is 10.0 Å². The van der Waals surface area contributed by atoms with Gasteiger partial charge in [0, 0.05) is 25.1 Å². The number of sulfonamides is 1. The molecule has 0 radical (unpaired) electrons. The molecule has 1 aromatic rings.